The largest absolute Gasteiger partial charge is 0.496 e. The molecular formula is C17H24N4O. The van der Waals surface area contributed by atoms with E-state index in [9.17, 15) is 0 Å². The van der Waals surface area contributed by atoms with E-state index in [0.717, 1.165) is 24.7 Å². The number of hydrogen-bond acceptors (Lipinski definition) is 4. The normalized spacial score (nSPS) is 16.8. The maximum atomic E-state index is 5.60. The molecule has 0 bridgehead atoms. The smallest absolute Gasteiger partial charge is 0.140 e. The Balaban J connectivity index is 1.76. The molecule has 0 amide bonds. The van der Waals surface area contributed by atoms with Crippen LogP contribution in [0.1, 0.15) is 37.1 Å². The van der Waals surface area contributed by atoms with Crippen LogP contribution < -0.4 is 10.1 Å². The van der Waals surface area contributed by atoms with Gasteiger partial charge in [0, 0.05) is 24.6 Å². The first-order chi connectivity index (χ1) is 10.7. The number of rotatable bonds is 6. The average Bonchev–Trinajstić information content (AvgIpc) is 3.18. The Morgan fingerprint density at radius 2 is 2.05 bits per heavy atom. The van der Waals surface area contributed by atoms with Crippen LogP contribution >= 0.6 is 0 Å². The number of ether oxygens (including phenoxy) is 1. The third-order valence-electron chi connectivity index (χ3n) is 4.79. The van der Waals surface area contributed by atoms with Crippen molar-refractivity contribution in [2.45, 2.75) is 37.6 Å². The van der Waals surface area contributed by atoms with Crippen molar-refractivity contribution < 1.29 is 4.74 Å². The van der Waals surface area contributed by atoms with Gasteiger partial charge in [0.15, 0.2) is 0 Å². The second-order valence-electron chi connectivity index (χ2n) is 6.09. The number of methoxy groups -OCH3 is 1. The summed E-state index contributed by atoms with van der Waals surface area (Å²) >= 11 is 0. The lowest BCUT2D eigenvalue weighted by Crippen LogP contribution is -2.36. The SMILES string of the molecule is COc1ccccc1C1(CNCc2ncnn2C)CCCC1. The van der Waals surface area contributed by atoms with Crippen LogP contribution in [-0.4, -0.2) is 28.4 Å². The molecular weight excluding hydrogens is 276 g/mol. The van der Waals surface area contributed by atoms with Gasteiger partial charge >= 0.3 is 0 Å². The summed E-state index contributed by atoms with van der Waals surface area (Å²) in [5, 5.41) is 7.70. The molecule has 1 N–H and O–H groups in total. The summed E-state index contributed by atoms with van der Waals surface area (Å²) in [6, 6.07) is 8.44. The molecule has 5 nitrogen and oxygen atoms in total. The van der Waals surface area contributed by atoms with Crippen molar-refractivity contribution in [2.75, 3.05) is 13.7 Å². The number of aromatic nitrogens is 3. The van der Waals surface area contributed by atoms with Crippen LogP contribution in [0.25, 0.3) is 0 Å². The van der Waals surface area contributed by atoms with Crippen molar-refractivity contribution in [2.24, 2.45) is 7.05 Å². The van der Waals surface area contributed by atoms with Crippen LogP contribution in [-0.2, 0) is 19.0 Å². The third-order valence-corrected chi connectivity index (χ3v) is 4.79. The van der Waals surface area contributed by atoms with Crippen molar-refractivity contribution in [3.05, 3.63) is 42.0 Å². The molecule has 0 aliphatic heterocycles. The number of hydrogen-bond donors (Lipinski definition) is 1. The molecule has 1 aliphatic carbocycles. The van der Waals surface area contributed by atoms with E-state index in [1.165, 1.54) is 31.2 Å². The van der Waals surface area contributed by atoms with Crippen LogP contribution in [0.5, 0.6) is 5.75 Å². The molecule has 1 heterocycles. The molecule has 118 valence electrons. The van der Waals surface area contributed by atoms with Crippen molar-refractivity contribution in [3.8, 4) is 5.75 Å². The Bertz CT molecular complexity index is 617. The highest BCUT2D eigenvalue weighted by Crippen LogP contribution is 2.44. The van der Waals surface area contributed by atoms with Crippen LogP contribution in [0.15, 0.2) is 30.6 Å². The van der Waals surface area contributed by atoms with Gasteiger partial charge < -0.3 is 10.1 Å². The summed E-state index contributed by atoms with van der Waals surface area (Å²) in [5.41, 5.74) is 1.51. The minimum atomic E-state index is 0.172. The standard InChI is InChI=1S/C17H24N4O/c1-21-16(19-13-20-21)11-18-12-17(9-5-6-10-17)14-7-3-4-8-15(14)22-2/h3-4,7-8,13,18H,5-6,9-12H2,1-2H3. The van der Waals surface area contributed by atoms with Crippen LogP contribution in [0, 0.1) is 0 Å². The Kier molecular flexibility index (Phi) is 4.43. The molecule has 2 aromatic rings. The van der Waals surface area contributed by atoms with E-state index in [-0.39, 0.29) is 5.41 Å². The molecule has 3 rings (SSSR count). The van der Waals surface area contributed by atoms with Gasteiger partial charge in [0.2, 0.25) is 0 Å². The Morgan fingerprint density at radius 3 is 2.73 bits per heavy atom. The Morgan fingerprint density at radius 1 is 1.27 bits per heavy atom. The van der Waals surface area contributed by atoms with E-state index >= 15 is 0 Å². The van der Waals surface area contributed by atoms with Gasteiger partial charge in [-0.2, -0.15) is 5.10 Å². The molecule has 1 aliphatic rings. The van der Waals surface area contributed by atoms with Crippen molar-refractivity contribution >= 4 is 0 Å². The predicted molar refractivity (Wildman–Crippen MR) is 85.8 cm³/mol. The Hall–Kier alpha value is -1.88. The molecule has 1 aromatic carbocycles. The molecule has 0 radical (unpaired) electrons. The van der Waals surface area contributed by atoms with Gasteiger partial charge in [0.25, 0.3) is 0 Å². The van der Waals surface area contributed by atoms with Gasteiger partial charge in [-0.15, -0.1) is 0 Å². The van der Waals surface area contributed by atoms with Crippen LogP contribution in [0.2, 0.25) is 0 Å². The summed E-state index contributed by atoms with van der Waals surface area (Å²) in [5.74, 6) is 1.97. The molecule has 0 unspecified atom stereocenters. The highest BCUT2D eigenvalue weighted by Gasteiger charge is 2.37. The first-order valence-corrected chi connectivity index (χ1v) is 7.92. The topological polar surface area (TPSA) is 52.0 Å². The van der Waals surface area contributed by atoms with Gasteiger partial charge in [-0.25, -0.2) is 4.98 Å². The van der Waals surface area contributed by atoms with E-state index in [4.69, 9.17) is 4.74 Å². The van der Waals surface area contributed by atoms with Crippen molar-refractivity contribution in [3.63, 3.8) is 0 Å². The monoisotopic (exact) mass is 300 g/mol. The summed E-state index contributed by atoms with van der Waals surface area (Å²) in [7, 11) is 3.68. The summed E-state index contributed by atoms with van der Waals surface area (Å²) < 4.78 is 7.42. The fraction of sp³-hybridized carbons (Fsp3) is 0.529. The zero-order valence-electron chi connectivity index (χ0n) is 13.4. The van der Waals surface area contributed by atoms with Gasteiger partial charge in [-0.3, -0.25) is 4.68 Å². The van der Waals surface area contributed by atoms with Crippen molar-refractivity contribution in [1.29, 1.82) is 0 Å². The molecule has 0 atom stereocenters. The fourth-order valence-electron chi connectivity index (χ4n) is 3.57. The zero-order valence-corrected chi connectivity index (χ0v) is 13.4. The van der Waals surface area contributed by atoms with E-state index < -0.39 is 0 Å². The molecule has 1 aromatic heterocycles. The van der Waals surface area contributed by atoms with E-state index in [2.05, 4.69) is 33.6 Å². The molecule has 1 saturated carbocycles. The number of nitrogens with zero attached hydrogens (tertiary/aromatic N) is 3. The van der Waals surface area contributed by atoms with Crippen LogP contribution in [0.3, 0.4) is 0 Å². The van der Waals surface area contributed by atoms with Crippen molar-refractivity contribution in [1.82, 2.24) is 20.1 Å². The minimum absolute atomic E-state index is 0.172. The fourth-order valence-corrected chi connectivity index (χ4v) is 3.57. The molecule has 0 saturated heterocycles. The van der Waals surface area contributed by atoms with E-state index in [1.54, 1.807) is 13.4 Å². The molecule has 0 spiro atoms. The third kappa shape index (κ3) is 2.86. The predicted octanol–water partition coefficient (Wildman–Crippen LogP) is 2.43. The molecule has 1 fully saturated rings. The summed E-state index contributed by atoms with van der Waals surface area (Å²) in [6.07, 6.45) is 6.58. The van der Waals surface area contributed by atoms with E-state index in [0.29, 0.717) is 0 Å². The minimum Gasteiger partial charge on any atom is -0.496 e. The van der Waals surface area contributed by atoms with Gasteiger partial charge in [0.05, 0.1) is 13.7 Å². The second-order valence-corrected chi connectivity index (χ2v) is 6.09. The van der Waals surface area contributed by atoms with E-state index in [1.807, 2.05) is 17.8 Å². The molecule has 5 heteroatoms. The average molecular weight is 300 g/mol. The lowest BCUT2D eigenvalue weighted by Gasteiger charge is -2.31. The molecule has 22 heavy (non-hydrogen) atoms. The van der Waals surface area contributed by atoms with Crippen LogP contribution in [0.4, 0.5) is 0 Å². The lowest BCUT2D eigenvalue weighted by molar-refractivity contribution is 0.359. The second kappa shape index (κ2) is 6.48. The lowest BCUT2D eigenvalue weighted by atomic mass is 9.78. The quantitative estimate of drug-likeness (QED) is 0.890. The van der Waals surface area contributed by atoms with Gasteiger partial charge in [-0.1, -0.05) is 31.0 Å². The number of para-hydroxylation sites is 1. The summed E-state index contributed by atoms with van der Waals surface area (Å²) in [4.78, 5) is 4.27. The maximum absolute atomic E-state index is 5.60. The van der Waals surface area contributed by atoms with Gasteiger partial charge in [0.1, 0.15) is 17.9 Å². The highest BCUT2D eigenvalue weighted by atomic mass is 16.5. The number of aryl methyl sites for hydroxylation is 1. The summed E-state index contributed by atoms with van der Waals surface area (Å²) in [6.45, 7) is 1.69. The number of nitrogens with one attached hydrogen (secondary N) is 1. The first-order valence-electron chi connectivity index (χ1n) is 7.92. The highest BCUT2D eigenvalue weighted by molar-refractivity contribution is 5.40. The van der Waals surface area contributed by atoms with Gasteiger partial charge in [-0.05, 0) is 18.9 Å². The Labute approximate surface area is 131 Å². The first kappa shape index (κ1) is 15.0. The zero-order chi connectivity index (χ0) is 15.4. The maximum Gasteiger partial charge on any atom is 0.140 e. The number of benzene rings is 1.